The van der Waals surface area contributed by atoms with E-state index >= 15 is 0 Å². The van der Waals surface area contributed by atoms with Crippen molar-refractivity contribution in [2.24, 2.45) is 5.73 Å². The average molecular weight is 282 g/mol. The number of hydrogen-bond acceptors (Lipinski definition) is 7. The lowest BCUT2D eigenvalue weighted by atomic mass is 10.2. The maximum absolute atomic E-state index is 10.8. The summed E-state index contributed by atoms with van der Waals surface area (Å²) >= 11 is 1.34. The highest BCUT2D eigenvalue weighted by molar-refractivity contribution is 7.13. The van der Waals surface area contributed by atoms with Crippen molar-refractivity contribution < 1.29 is 9.90 Å². The van der Waals surface area contributed by atoms with Crippen molar-refractivity contribution in [2.45, 2.75) is 19.5 Å². The van der Waals surface area contributed by atoms with Crippen LogP contribution in [0.15, 0.2) is 5.38 Å². The van der Waals surface area contributed by atoms with Crippen LogP contribution in [-0.4, -0.2) is 38.3 Å². The molecule has 0 aliphatic carbocycles. The molecular weight excluding hydrogens is 268 g/mol. The van der Waals surface area contributed by atoms with Gasteiger partial charge in [-0.1, -0.05) is 0 Å². The summed E-state index contributed by atoms with van der Waals surface area (Å²) in [4.78, 5) is 21.0. The first-order valence-corrected chi connectivity index (χ1v) is 6.38. The van der Waals surface area contributed by atoms with Crippen LogP contribution in [0.25, 0.3) is 0 Å². The van der Waals surface area contributed by atoms with E-state index in [9.17, 15) is 4.79 Å². The summed E-state index contributed by atoms with van der Waals surface area (Å²) < 4.78 is 0. The van der Waals surface area contributed by atoms with Crippen molar-refractivity contribution in [3.63, 3.8) is 0 Å². The zero-order valence-electron chi connectivity index (χ0n) is 10.5. The first-order valence-electron chi connectivity index (χ1n) is 5.50. The predicted molar refractivity (Wildman–Crippen MR) is 69.9 cm³/mol. The predicted octanol–water partition coefficient (Wildman–Crippen LogP) is 0.290. The number of rotatable bonds is 5. The molecule has 0 saturated carbocycles. The Morgan fingerprint density at radius 3 is 2.95 bits per heavy atom. The monoisotopic (exact) mass is 282 g/mol. The van der Waals surface area contributed by atoms with Crippen molar-refractivity contribution in [3.05, 3.63) is 22.7 Å². The van der Waals surface area contributed by atoms with Gasteiger partial charge in [0.05, 0.1) is 12.2 Å². The molecule has 102 valence electrons. The Morgan fingerprint density at radius 2 is 2.37 bits per heavy atom. The Bertz CT molecular complexity index is 580. The highest BCUT2D eigenvalue weighted by Crippen LogP contribution is 2.23. The summed E-state index contributed by atoms with van der Waals surface area (Å²) in [5.41, 5.74) is 5.86. The van der Waals surface area contributed by atoms with Crippen LogP contribution in [0.4, 0.5) is 5.13 Å². The van der Waals surface area contributed by atoms with Crippen LogP contribution in [0.1, 0.15) is 23.4 Å². The van der Waals surface area contributed by atoms with Gasteiger partial charge in [0.2, 0.25) is 0 Å². The van der Waals surface area contributed by atoms with Crippen LogP contribution in [0.2, 0.25) is 0 Å². The maximum atomic E-state index is 10.8. The number of hydrogen-bond donors (Lipinski definition) is 3. The third-order valence-corrected chi connectivity index (χ3v) is 3.42. The summed E-state index contributed by atoms with van der Waals surface area (Å²) in [6, 6.07) is -1.09. The maximum Gasteiger partial charge on any atom is 0.326 e. The normalized spacial score (nSPS) is 12.4. The lowest BCUT2D eigenvalue weighted by Crippen LogP contribution is -2.22. The molecule has 1 unspecified atom stereocenters. The summed E-state index contributed by atoms with van der Waals surface area (Å²) in [5.74, 6) is 0.305. The minimum atomic E-state index is -1.09. The van der Waals surface area contributed by atoms with Crippen LogP contribution in [0.5, 0.6) is 0 Å². The Hall–Kier alpha value is -2.00. The van der Waals surface area contributed by atoms with Gasteiger partial charge in [0.1, 0.15) is 11.9 Å². The fourth-order valence-electron chi connectivity index (χ4n) is 1.46. The van der Waals surface area contributed by atoms with Crippen LogP contribution in [0, 0.1) is 6.92 Å². The first-order chi connectivity index (χ1) is 8.97. The lowest BCUT2D eigenvalue weighted by molar-refractivity contribution is -0.138. The molecule has 0 spiro atoms. The minimum absolute atomic E-state index is 0.352. The molecule has 0 aromatic carbocycles. The van der Waals surface area contributed by atoms with Crippen molar-refractivity contribution in [3.8, 4) is 0 Å². The number of nitrogens with one attached hydrogen (secondary N) is 1. The number of anilines is 1. The molecular formula is C10H14N6O2S. The van der Waals surface area contributed by atoms with Gasteiger partial charge in [0, 0.05) is 12.4 Å². The first kappa shape index (κ1) is 13.4. The molecule has 2 rings (SSSR count). The van der Waals surface area contributed by atoms with Crippen LogP contribution in [-0.2, 0) is 11.3 Å². The van der Waals surface area contributed by atoms with Crippen LogP contribution in [0.3, 0.4) is 0 Å². The van der Waals surface area contributed by atoms with Crippen molar-refractivity contribution in [2.75, 3.05) is 11.9 Å². The number of aromatic amines is 1. The highest BCUT2D eigenvalue weighted by Gasteiger charge is 2.19. The van der Waals surface area contributed by atoms with E-state index in [4.69, 9.17) is 10.8 Å². The Morgan fingerprint density at radius 1 is 1.63 bits per heavy atom. The van der Waals surface area contributed by atoms with E-state index in [1.807, 2.05) is 18.9 Å². The number of H-pyrrole nitrogens is 1. The SMILES string of the molecule is Cc1nc(CN(C)c2nc(C(N)C(=O)O)cs2)n[nH]1. The Labute approximate surface area is 113 Å². The van der Waals surface area contributed by atoms with E-state index in [1.54, 1.807) is 5.38 Å². The Balaban J connectivity index is 2.07. The summed E-state index contributed by atoms with van der Waals surface area (Å²) in [5, 5.41) is 17.9. The highest BCUT2D eigenvalue weighted by atomic mass is 32.1. The van der Waals surface area contributed by atoms with Gasteiger partial charge in [-0.25, -0.2) is 9.97 Å². The third kappa shape index (κ3) is 3.06. The number of thiazole rings is 1. The largest absolute Gasteiger partial charge is 0.480 e. The molecule has 0 aliphatic rings. The fourth-order valence-corrected chi connectivity index (χ4v) is 2.29. The average Bonchev–Trinajstić information content (AvgIpc) is 2.97. The molecule has 0 bridgehead atoms. The number of nitrogens with zero attached hydrogens (tertiary/aromatic N) is 4. The molecule has 0 radical (unpaired) electrons. The molecule has 2 heterocycles. The van der Waals surface area contributed by atoms with Crippen molar-refractivity contribution >= 4 is 22.4 Å². The van der Waals surface area contributed by atoms with E-state index in [-0.39, 0.29) is 0 Å². The van der Waals surface area contributed by atoms with E-state index in [2.05, 4.69) is 20.2 Å². The molecule has 0 aliphatic heterocycles. The van der Waals surface area contributed by atoms with Crippen LogP contribution >= 0.6 is 11.3 Å². The van der Waals surface area contributed by atoms with Crippen LogP contribution < -0.4 is 10.6 Å². The summed E-state index contributed by atoms with van der Waals surface area (Å²) in [6.07, 6.45) is 0. The van der Waals surface area contributed by atoms with Gasteiger partial charge >= 0.3 is 5.97 Å². The third-order valence-electron chi connectivity index (χ3n) is 2.44. The van der Waals surface area contributed by atoms with Gasteiger partial charge in [-0.15, -0.1) is 11.3 Å². The number of aryl methyl sites for hydroxylation is 1. The zero-order chi connectivity index (χ0) is 14.0. The second-order valence-corrected chi connectivity index (χ2v) is 4.90. The molecule has 9 heteroatoms. The number of aliphatic carboxylic acids is 1. The topological polar surface area (TPSA) is 121 Å². The standard InChI is InChI=1S/C10H14N6O2S/c1-5-12-7(15-14-5)3-16(2)10-13-6(4-19-10)8(11)9(17)18/h4,8H,3,11H2,1-2H3,(H,17,18)(H,12,14,15). The quantitative estimate of drug-likeness (QED) is 0.720. The number of carboxylic acid groups (broad SMARTS) is 1. The fraction of sp³-hybridized carbons (Fsp3) is 0.400. The molecule has 19 heavy (non-hydrogen) atoms. The van der Waals surface area contributed by atoms with E-state index in [1.165, 1.54) is 11.3 Å². The minimum Gasteiger partial charge on any atom is -0.480 e. The number of aromatic nitrogens is 4. The molecule has 0 fully saturated rings. The van der Waals surface area contributed by atoms with E-state index in [0.29, 0.717) is 23.2 Å². The summed E-state index contributed by atoms with van der Waals surface area (Å²) in [7, 11) is 1.83. The van der Waals surface area contributed by atoms with Gasteiger partial charge in [0.15, 0.2) is 11.0 Å². The van der Waals surface area contributed by atoms with E-state index in [0.717, 1.165) is 5.82 Å². The van der Waals surface area contributed by atoms with Gasteiger partial charge < -0.3 is 15.7 Å². The molecule has 0 saturated heterocycles. The summed E-state index contributed by atoms with van der Waals surface area (Å²) in [6.45, 7) is 2.31. The second-order valence-electron chi connectivity index (χ2n) is 4.06. The Kier molecular flexibility index (Phi) is 3.76. The molecule has 8 nitrogen and oxygen atoms in total. The number of carbonyl (C=O) groups is 1. The van der Waals surface area contributed by atoms with E-state index < -0.39 is 12.0 Å². The smallest absolute Gasteiger partial charge is 0.326 e. The lowest BCUT2D eigenvalue weighted by Gasteiger charge is -2.13. The van der Waals surface area contributed by atoms with Crippen molar-refractivity contribution in [1.29, 1.82) is 0 Å². The van der Waals surface area contributed by atoms with Gasteiger partial charge in [0.25, 0.3) is 0 Å². The second kappa shape index (κ2) is 5.33. The molecule has 2 aromatic rings. The molecule has 0 amide bonds. The number of nitrogens with two attached hydrogens (primary N) is 1. The molecule has 1 atom stereocenters. The van der Waals surface area contributed by atoms with Gasteiger partial charge in [-0.05, 0) is 6.92 Å². The zero-order valence-corrected chi connectivity index (χ0v) is 11.3. The van der Waals surface area contributed by atoms with Gasteiger partial charge in [-0.3, -0.25) is 9.89 Å². The van der Waals surface area contributed by atoms with Crippen molar-refractivity contribution in [1.82, 2.24) is 20.2 Å². The van der Waals surface area contributed by atoms with Gasteiger partial charge in [-0.2, -0.15) is 5.10 Å². The molecule has 2 aromatic heterocycles. The molecule has 4 N–H and O–H groups in total. The number of carboxylic acids is 1.